The van der Waals surface area contributed by atoms with Crippen molar-refractivity contribution in [2.45, 2.75) is 6.92 Å². The molecule has 0 atom stereocenters. The van der Waals surface area contributed by atoms with Crippen LogP contribution in [0.4, 0.5) is 5.69 Å². The molecule has 6 nitrogen and oxygen atoms in total. The number of hydrogen-bond donors (Lipinski definition) is 3. The average Bonchev–Trinajstić information content (AvgIpc) is 2.55. The summed E-state index contributed by atoms with van der Waals surface area (Å²) in [5.41, 5.74) is 4.85. The van der Waals surface area contributed by atoms with E-state index >= 15 is 0 Å². The number of nitrogens with zero attached hydrogens (tertiary/aromatic N) is 1. The number of methoxy groups -OCH3 is 1. The summed E-state index contributed by atoms with van der Waals surface area (Å²) in [5.74, 6) is 0.295. The first-order valence-corrected chi connectivity index (χ1v) is 7.08. The molecule has 2 aromatic carbocycles. The van der Waals surface area contributed by atoms with Gasteiger partial charge in [-0.05, 0) is 30.7 Å². The van der Waals surface area contributed by atoms with Crippen molar-refractivity contribution in [2.24, 2.45) is 5.10 Å². The quantitative estimate of drug-likeness (QED) is 0.564. The molecule has 0 aromatic heterocycles. The summed E-state index contributed by atoms with van der Waals surface area (Å²) in [6.45, 7) is 2.07. The molecule has 2 rings (SSSR count). The number of ether oxygens (including phenoxy) is 1. The van der Waals surface area contributed by atoms with Crippen molar-refractivity contribution in [2.75, 3.05) is 19.0 Å². The zero-order valence-corrected chi connectivity index (χ0v) is 13.0. The zero-order chi connectivity index (χ0) is 16.7. The van der Waals surface area contributed by atoms with Gasteiger partial charge in [0.15, 0.2) is 0 Å². The molecule has 1 amide bonds. The van der Waals surface area contributed by atoms with E-state index in [-0.39, 0.29) is 18.2 Å². The van der Waals surface area contributed by atoms with Gasteiger partial charge in [0.2, 0.25) is 0 Å². The van der Waals surface area contributed by atoms with E-state index in [0.29, 0.717) is 11.3 Å². The number of rotatable bonds is 6. The number of aryl methyl sites for hydroxylation is 1. The second-order valence-corrected chi connectivity index (χ2v) is 4.89. The summed E-state index contributed by atoms with van der Waals surface area (Å²) in [6, 6.07) is 12.5. The van der Waals surface area contributed by atoms with Crippen LogP contribution in [0, 0.1) is 6.92 Å². The fourth-order valence-electron chi connectivity index (χ4n) is 1.92. The third kappa shape index (κ3) is 4.74. The lowest BCUT2D eigenvalue weighted by molar-refractivity contribution is -0.119. The Labute approximate surface area is 134 Å². The predicted octanol–water partition coefficient (Wildman–Crippen LogP) is 2.27. The summed E-state index contributed by atoms with van der Waals surface area (Å²) >= 11 is 0. The van der Waals surface area contributed by atoms with Crippen LogP contribution in [0.3, 0.4) is 0 Å². The molecule has 0 aliphatic rings. The van der Waals surface area contributed by atoms with E-state index in [4.69, 9.17) is 4.74 Å². The third-order valence-electron chi connectivity index (χ3n) is 3.21. The van der Waals surface area contributed by atoms with Gasteiger partial charge < -0.3 is 15.2 Å². The SMILES string of the molecule is COc1ccc(/C=N\NC(=O)CNc2ccccc2C)c(O)c1. The number of carbonyl (C=O) groups excluding carboxylic acids is 1. The Morgan fingerprint density at radius 2 is 2.09 bits per heavy atom. The Bertz CT molecular complexity index is 714. The number of aromatic hydroxyl groups is 1. The molecule has 0 heterocycles. The molecule has 0 saturated carbocycles. The van der Waals surface area contributed by atoms with Crippen molar-refractivity contribution in [1.29, 1.82) is 0 Å². The molecule has 3 N–H and O–H groups in total. The van der Waals surface area contributed by atoms with Crippen LogP contribution in [0.5, 0.6) is 11.5 Å². The summed E-state index contributed by atoms with van der Waals surface area (Å²) < 4.78 is 4.99. The van der Waals surface area contributed by atoms with Gasteiger partial charge in [-0.2, -0.15) is 5.10 Å². The minimum atomic E-state index is -0.280. The number of para-hydroxylation sites is 1. The molecule has 23 heavy (non-hydrogen) atoms. The molecule has 2 aromatic rings. The van der Waals surface area contributed by atoms with Crippen LogP contribution in [0.1, 0.15) is 11.1 Å². The van der Waals surface area contributed by atoms with Crippen molar-refractivity contribution in [3.63, 3.8) is 0 Å². The number of hydrazone groups is 1. The maximum atomic E-state index is 11.7. The largest absolute Gasteiger partial charge is 0.507 e. The van der Waals surface area contributed by atoms with Gasteiger partial charge in [0.05, 0.1) is 19.9 Å². The summed E-state index contributed by atoms with van der Waals surface area (Å²) in [6.07, 6.45) is 1.38. The van der Waals surface area contributed by atoms with Gasteiger partial charge in [0.25, 0.3) is 5.91 Å². The van der Waals surface area contributed by atoms with Crippen LogP contribution in [0.25, 0.3) is 0 Å². The van der Waals surface area contributed by atoms with Gasteiger partial charge in [-0.25, -0.2) is 5.43 Å². The highest BCUT2D eigenvalue weighted by molar-refractivity contribution is 5.86. The van der Waals surface area contributed by atoms with E-state index in [9.17, 15) is 9.90 Å². The summed E-state index contributed by atoms with van der Waals surface area (Å²) in [4.78, 5) is 11.7. The predicted molar refractivity (Wildman–Crippen MR) is 90.1 cm³/mol. The van der Waals surface area contributed by atoms with Gasteiger partial charge in [0, 0.05) is 17.3 Å². The lowest BCUT2D eigenvalue weighted by Crippen LogP contribution is -2.26. The molecule has 0 unspecified atom stereocenters. The van der Waals surface area contributed by atoms with Crippen LogP contribution in [0.15, 0.2) is 47.6 Å². The van der Waals surface area contributed by atoms with Gasteiger partial charge in [-0.1, -0.05) is 18.2 Å². The lowest BCUT2D eigenvalue weighted by Gasteiger charge is -2.08. The molecule has 0 aliphatic carbocycles. The second-order valence-electron chi connectivity index (χ2n) is 4.89. The van der Waals surface area contributed by atoms with Crippen LogP contribution < -0.4 is 15.5 Å². The number of anilines is 1. The van der Waals surface area contributed by atoms with Crippen molar-refractivity contribution in [3.8, 4) is 11.5 Å². The van der Waals surface area contributed by atoms with Gasteiger partial charge in [0.1, 0.15) is 11.5 Å². The van der Waals surface area contributed by atoms with Gasteiger partial charge in [-0.3, -0.25) is 4.79 Å². The molecular formula is C17H19N3O3. The average molecular weight is 313 g/mol. The third-order valence-corrected chi connectivity index (χ3v) is 3.21. The molecule has 0 radical (unpaired) electrons. The van der Waals surface area contributed by atoms with Crippen molar-refractivity contribution in [3.05, 3.63) is 53.6 Å². The fraction of sp³-hybridized carbons (Fsp3) is 0.176. The maximum Gasteiger partial charge on any atom is 0.259 e. The summed E-state index contributed by atoms with van der Waals surface area (Å²) in [7, 11) is 1.52. The topological polar surface area (TPSA) is 83.0 Å². The smallest absolute Gasteiger partial charge is 0.259 e. The van der Waals surface area contributed by atoms with Crippen molar-refractivity contribution in [1.82, 2.24) is 5.43 Å². The number of carbonyl (C=O) groups is 1. The Hall–Kier alpha value is -3.02. The Morgan fingerprint density at radius 1 is 1.30 bits per heavy atom. The first kappa shape index (κ1) is 16.4. The van der Waals surface area contributed by atoms with E-state index in [1.165, 1.54) is 19.4 Å². The minimum absolute atomic E-state index is 0.0281. The Kier molecular flexibility index (Phi) is 5.57. The number of phenolic OH excluding ortho intramolecular Hbond substituents is 1. The first-order chi connectivity index (χ1) is 11.1. The maximum absolute atomic E-state index is 11.7. The zero-order valence-electron chi connectivity index (χ0n) is 13.0. The fourth-order valence-corrected chi connectivity index (χ4v) is 1.92. The molecule has 6 heteroatoms. The molecule has 0 fully saturated rings. The first-order valence-electron chi connectivity index (χ1n) is 7.08. The van der Waals surface area contributed by atoms with E-state index in [2.05, 4.69) is 15.8 Å². The number of benzene rings is 2. The van der Waals surface area contributed by atoms with E-state index in [0.717, 1.165) is 11.3 Å². The highest BCUT2D eigenvalue weighted by Gasteiger charge is 2.03. The lowest BCUT2D eigenvalue weighted by atomic mass is 10.2. The molecule has 0 aliphatic heterocycles. The standard InChI is InChI=1S/C17H19N3O3/c1-12-5-3-4-6-15(12)18-11-17(22)20-19-10-13-7-8-14(23-2)9-16(13)21/h3-10,18,21H,11H2,1-2H3,(H,20,22)/b19-10-. The normalized spacial score (nSPS) is 10.5. The van der Waals surface area contributed by atoms with Crippen LogP contribution >= 0.6 is 0 Å². The molecule has 120 valence electrons. The highest BCUT2D eigenvalue weighted by Crippen LogP contribution is 2.21. The van der Waals surface area contributed by atoms with E-state index in [1.54, 1.807) is 12.1 Å². The van der Waals surface area contributed by atoms with Crippen LogP contribution in [0.2, 0.25) is 0 Å². The molecule has 0 bridgehead atoms. The van der Waals surface area contributed by atoms with Crippen LogP contribution in [-0.2, 0) is 4.79 Å². The van der Waals surface area contributed by atoms with Crippen molar-refractivity contribution < 1.29 is 14.6 Å². The van der Waals surface area contributed by atoms with Crippen molar-refractivity contribution >= 4 is 17.8 Å². The number of hydrogen-bond acceptors (Lipinski definition) is 5. The van der Waals surface area contributed by atoms with Gasteiger partial charge >= 0.3 is 0 Å². The Balaban J connectivity index is 1.85. The number of phenols is 1. The van der Waals surface area contributed by atoms with Gasteiger partial charge in [-0.15, -0.1) is 0 Å². The highest BCUT2D eigenvalue weighted by atomic mass is 16.5. The monoisotopic (exact) mass is 313 g/mol. The molecule has 0 spiro atoms. The molecule has 0 saturated heterocycles. The van der Waals surface area contributed by atoms with E-state index < -0.39 is 0 Å². The minimum Gasteiger partial charge on any atom is -0.507 e. The second kappa shape index (κ2) is 7.84. The number of nitrogens with one attached hydrogen (secondary N) is 2. The Morgan fingerprint density at radius 3 is 2.78 bits per heavy atom. The number of amides is 1. The molecular weight excluding hydrogens is 294 g/mol. The summed E-state index contributed by atoms with van der Waals surface area (Å²) in [5, 5.41) is 16.6. The van der Waals surface area contributed by atoms with E-state index in [1.807, 2.05) is 31.2 Å². The van der Waals surface area contributed by atoms with Crippen LogP contribution in [-0.4, -0.2) is 30.9 Å².